The Balaban J connectivity index is 4.01. The molecule has 0 fully saturated rings. The molecule has 0 radical (unpaired) electrons. The molecule has 0 heterocycles. The summed E-state index contributed by atoms with van der Waals surface area (Å²) in [5, 5.41) is 0. The van der Waals surface area contributed by atoms with Gasteiger partial charge in [-0.15, -0.1) is 0 Å². The van der Waals surface area contributed by atoms with Gasteiger partial charge in [0.25, 0.3) is 0 Å². The molecule has 0 bridgehead atoms. The molecule has 0 amide bonds. The van der Waals surface area contributed by atoms with Crippen LogP contribution >= 0.6 is 0 Å². The third-order valence-electron chi connectivity index (χ3n) is 1.08. The molecule has 0 aliphatic heterocycles. The maximum atomic E-state index is 2.52. The predicted octanol–water partition coefficient (Wildman–Crippen LogP) is 3.30. The van der Waals surface area contributed by atoms with Gasteiger partial charge < -0.3 is 0 Å². The Bertz CT molecular complexity index is 109. The average molecular weight is 217 g/mol. The molecule has 0 saturated heterocycles. The van der Waals surface area contributed by atoms with Crippen LogP contribution < -0.4 is 0 Å². The Hall–Kier alpha value is 0.500. The third kappa shape index (κ3) is 8.50. The van der Waals surface area contributed by atoms with Crippen LogP contribution in [0.5, 0.6) is 0 Å². The molecule has 0 spiro atoms. The fourth-order valence-corrected chi connectivity index (χ4v) is 7.79. The molecule has 2 heteroatoms. The van der Waals surface area contributed by atoms with Gasteiger partial charge >= 0.3 is 68.9 Å². The molecule has 0 aliphatic carbocycles. The van der Waals surface area contributed by atoms with Crippen molar-refractivity contribution in [3.05, 3.63) is 10.6 Å². The van der Waals surface area contributed by atoms with E-state index in [4.69, 9.17) is 0 Å². The van der Waals surface area contributed by atoms with Gasteiger partial charge in [0.1, 0.15) is 0 Å². The van der Waals surface area contributed by atoms with Crippen LogP contribution in [0.3, 0.4) is 0 Å². The first-order valence-corrected chi connectivity index (χ1v) is 15.0. The van der Waals surface area contributed by atoms with Crippen molar-refractivity contribution in [3.63, 3.8) is 0 Å². The van der Waals surface area contributed by atoms with Crippen LogP contribution in [0.1, 0.15) is 0 Å². The van der Waals surface area contributed by atoms with Gasteiger partial charge in [-0.3, -0.25) is 0 Å². The summed E-state index contributed by atoms with van der Waals surface area (Å²) in [4.78, 5) is 2.52. The predicted molar refractivity (Wildman–Crippen MR) is 55.8 cm³/mol. The average Bonchev–Trinajstić information content (AvgIpc) is 1.57. The molecule has 0 aromatic carbocycles. The van der Waals surface area contributed by atoms with E-state index in [1.165, 1.54) is 0 Å². The minimum absolute atomic E-state index is 0.901. The first kappa shape index (κ1) is 10.5. The van der Waals surface area contributed by atoms with Crippen molar-refractivity contribution in [2.24, 2.45) is 0 Å². The summed E-state index contributed by atoms with van der Waals surface area (Å²) in [5.74, 6) is 7.28. The molecular weight excluding hydrogens is 197 g/mol. The number of rotatable bonds is 2. The zero-order chi connectivity index (χ0) is 8.41. The fraction of sp³-hybridized carbons (Fsp3) is 0.750. The second kappa shape index (κ2) is 3.26. The molecule has 10 heavy (non-hydrogen) atoms. The van der Waals surface area contributed by atoms with Gasteiger partial charge in [0.05, 0.1) is 0 Å². The Kier molecular flexibility index (Phi) is 3.43. The van der Waals surface area contributed by atoms with Crippen molar-refractivity contribution in [1.82, 2.24) is 0 Å². The number of hydrogen-bond acceptors (Lipinski definition) is 0. The zero-order valence-electron chi connectivity index (χ0n) is 8.15. The van der Waals surface area contributed by atoms with E-state index < -0.39 is 21.3 Å². The van der Waals surface area contributed by atoms with E-state index in [9.17, 15) is 0 Å². The topological polar surface area (TPSA) is 0 Å². The Morgan fingerprint density at radius 2 is 1.40 bits per heavy atom. The molecule has 0 nitrogen and oxygen atoms in total. The first-order chi connectivity index (χ1) is 4.21. The van der Waals surface area contributed by atoms with Crippen LogP contribution in [0.15, 0.2) is 10.6 Å². The molecule has 0 aliphatic rings. The van der Waals surface area contributed by atoms with Crippen molar-refractivity contribution in [2.75, 3.05) is 0 Å². The van der Waals surface area contributed by atoms with E-state index >= 15 is 0 Å². The Morgan fingerprint density at radius 1 is 1.00 bits per heavy atom. The molecule has 0 aromatic heterocycles. The molecule has 0 aromatic rings. The summed E-state index contributed by atoms with van der Waals surface area (Å²) >= 11 is -1.36. The van der Waals surface area contributed by atoms with Crippen molar-refractivity contribution in [3.8, 4) is 0 Å². The molecule has 0 saturated carbocycles. The monoisotopic (exact) mass is 218 g/mol. The second-order valence-electron chi connectivity index (χ2n) is 5.07. The Morgan fingerprint density at radius 3 is 1.50 bits per heavy atom. The summed E-state index contributed by atoms with van der Waals surface area (Å²) in [5.41, 5.74) is 2.49. The quantitative estimate of drug-likeness (QED) is 0.622. The first-order valence-electron chi connectivity index (χ1n) is 3.91. The van der Waals surface area contributed by atoms with Gasteiger partial charge in [0.2, 0.25) is 0 Å². The van der Waals surface area contributed by atoms with E-state index in [1.54, 1.807) is 0 Å². The maximum absolute atomic E-state index is 2.52. The summed E-state index contributed by atoms with van der Waals surface area (Å²) < 4.78 is 0. The fourth-order valence-electron chi connectivity index (χ4n) is 0.500. The van der Waals surface area contributed by atoms with Crippen LogP contribution in [-0.2, 0) is 0 Å². The van der Waals surface area contributed by atoms with Crippen LogP contribution in [0, 0.1) is 0 Å². The molecule has 0 unspecified atom stereocenters. The summed E-state index contributed by atoms with van der Waals surface area (Å²) in [6.07, 6.45) is 0. The Labute approximate surface area is 69.1 Å². The van der Waals surface area contributed by atoms with Crippen molar-refractivity contribution in [2.45, 2.75) is 36.9 Å². The van der Waals surface area contributed by atoms with Gasteiger partial charge in [-0.25, -0.2) is 0 Å². The van der Waals surface area contributed by atoms with E-state index in [0.717, 1.165) is 0 Å². The van der Waals surface area contributed by atoms with E-state index in [-0.39, 0.29) is 0 Å². The molecule has 0 atom stereocenters. The SMILES string of the molecule is C[Si](C)(C)C=[CH][Ge]([CH3])([CH3])[CH3]. The third-order valence-corrected chi connectivity index (χ3v) is 5.40. The summed E-state index contributed by atoms with van der Waals surface area (Å²) in [6, 6.07) is 0. The standard InChI is InChI=1S/C8H20GeSi/c1-9(2,3)7-8-10(4,5)6/h7-8H,1-6H3. The van der Waals surface area contributed by atoms with Crippen molar-refractivity contribution >= 4 is 21.3 Å². The minimum atomic E-state index is -1.36. The summed E-state index contributed by atoms with van der Waals surface area (Å²) in [6.45, 7) is 7.16. The van der Waals surface area contributed by atoms with Crippen LogP contribution in [-0.4, -0.2) is 21.3 Å². The zero-order valence-corrected chi connectivity index (χ0v) is 11.3. The van der Waals surface area contributed by atoms with Gasteiger partial charge in [-0.1, -0.05) is 0 Å². The molecule has 0 rings (SSSR count). The van der Waals surface area contributed by atoms with Crippen molar-refractivity contribution in [1.29, 1.82) is 0 Å². The van der Waals surface area contributed by atoms with Gasteiger partial charge in [-0.05, 0) is 0 Å². The molecular formula is C8H20GeSi. The molecule has 60 valence electrons. The van der Waals surface area contributed by atoms with Gasteiger partial charge in [0.15, 0.2) is 0 Å². The van der Waals surface area contributed by atoms with Gasteiger partial charge in [-0.2, -0.15) is 0 Å². The van der Waals surface area contributed by atoms with E-state index in [2.05, 4.69) is 47.5 Å². The van der Waals surface area contributed by atoms with Gasteiger partial charge in [0, 0.05) is 0 Å². The number of hydrogen-bond donors (Lipinski definition) is 0. The normalized spacial score (nSPS) is 14.6. The van der Waals surface area contributed by atoms with E-state index in [0.29, 0.717) is 0 Å². The van der Waals surface area contributed by atoms with Crippen LogP contribution in [0.4, 0.5) is 0 Å². The summed E-state index contributed by atoms with van der Waals surface area (Å²) in [7, 11) is -0.901. The second-order valence-corrected chi connectivity index (χ2v) is 20.8. The van der Waals surface area contributed by atoms with Crippen LogP contribution in [0.25, 0.3) is 0 Å². The van der Waals surface area contributed by atoms with E-state index in [1.807, 2.05) is 0 Å². The molecule has 0 N–H and O–H groups in total. The van der Waals surface area contributed by atoms with Crippen LogP contribution in [0.2, 0.25) is 36.9 Å². The van der Waals surface area contributed by atoms with Crippen molar-refractivity contribution < 1.29 is 0 Å².